The summed E-state index contributed by atoms with van der Waals surface area (Å²) in [5.41, 5.74) is 0. The number of aromatic nitrogens is 2. The van der Waals surface area contributed by atoms with Gasteiger partial charge in [0.15, 0.2) is 0 Å². The molecule has 16 heavy (non-hydrogen) atoms. The van der Waals surface area contributed by atoms with Gasteiger partial charge in [0.2, 0.25) is 5.95 Å². The zero-order valence-corrected chi connectivity index (χ0v) is 8.67. The van der Waals surface area contributed by atoms with Crippen LogP contribution in [0.5, 0.6) is 0 Å². The predicted molar refractivity (Wildman–Crippen MR) is 55.9 cm³/mol. The molecule has 0 aliphatic heterocycles. The van der Waals surface area contributed by atoms with Gasteiger partial charge in [-0.1, -0.05) is 6.92 Å². The molecule has 0 aliphatic rings. The average molecular weight is 224 g/mol. The first-order chi connectivity index (χ1) is 7.63. The van der Waals surface area contributed by atoms with Crippen LogP contribution in [0.3, 0.4) is 0 Å². The van der Waals surface area contributed by atoms with Gasteiger partial charge in [-0.3, -0.25) is 5.32 Å². The number of urea groups is 1. The Bertz CT molecular complexity index is 368. The summed E-state index contributed by atoms with van der Waals surface area (Å²) in [6.07, 6.45) is 3.24. The first-order valence-corrected chi connectivity index (χ1v) is 4.70. The summed E-state index contributed by atoms with van der Waals surface area (Å²) >= 11 is 0. The van der Waals surface area contributed by atoms with Gasteiger partial charge in [0.05, 0.1) is 0 Å². The average Bonchev–Trinajstić information content (AvgIpc) is 2.27. The molecule has 2 amide bonds. The van der Waals surface area contributed by atoms with E-state index in [1.165, 1.54) is 12.4 Å². The normalized spacial score (nSPS) is 11.6. The highest BCUT2D eigenvalue weighted by molar-refractivity contribution is 5.90. The third kappa shape index (κ3) is 3.52. The van der Waals surface area contributed by atoms with Crippen molar-refractivity contribution in [1.29, 1.82) is 0 Å². The van der Waals surface area contributed by atoms with Crippen LogP contribution in [0.1, 0.15) is 13.3 Å². The van der Waals surface area contributed by atoms with Crippen molar-refractivity contribution in [2.45, 2.75) is 19.4 Å². The number of carboxylic acid groups (broad SMARTS) is 1. The summed E-state index contributed by atoms with van der Waals surface area (Å²) in [5, 5.41) is 13.3. The first kappa shape index (κ1) is 11.9. The van der Waals surface area contributed by atoms with Crippen LogP contribution in [-0.4, -0.2) is 33.1 Å². The van der Waals surface area contributed by atoms with Gasteiger partial charge in [-0.25, -0.2) is 19.6 Å². The van der Waals surface area contributed by atoms with E-state index in [1.54, 1.807) is 13.0 Å². The fraction of sp³-hybridized carbons (Fsp3) is 0.333. The second-order valence-corrected chi connectivity index (χ2v) is 2.97. The topological polar surface area (TPSA) is 104 Å². The maximum Gasteiger partial charge on any atom is 0.326 e. The molecule has 0 saturated carbocycles. The first-order valence-electron chi connectivity index (χ1n) is 4.70. The molecular weight excluding hydrogens is 212 g/mol. The Hall–Kier alpha value is -2.18. The highest BCUT2D eigenvalue weighted by Gasteiger charge is 2.17. The third-order valence-electron chi connectivity index (χ3n) is 1.80. The van der Waals surface area contributed by atoms with Crippen molar-refractivity contribution >= 4 is 17.9 Å². The molecule has 7 nitrogen and oxygen atoms in total. The van der Waals surface area contributed by atoms with Crippen LogP contribution in [0.25, 0.3) is 0 Å². The van der Waals surface area contributed by atoms with E-state index in [0.717, 1.165) is 0 Å². The molecule has 7 heteroatoms. The number of amides is 2. The van der Waals surface area contributed by atoms with Gasteiger partial charge in [0, 0.05) is 12.4 Å². The molecule has 1 atom stereocenters. The Kier molecular flexibility index (Phi) is 4.19. The van der Waals surface area contributed by atoms with Gasteiger partial charge >= 0.3 is 12.0 Å². The highest BCUT2D eigenvalue weighted by Crippen LogP contribution is 1.95. The van der Waals surface area contributed by atoms with Crippen molar-refractivity contribution in [2.24, 2.45) is 0 Å². The lowest BCUT2D eigenvalue weighted by atomic mass is 10.2. The van der Waals surface area contributed by atoms with Crippen molar-refractivity contribution in [3.05, 3.63) is 18.5 Å². The number of hydrogen-bond acceptors (Lipinski definition) is 4. The predicted octanol–water partition coefficient (Wildman–Crippen LogP) is 0.461. The molecule has 1 aromatic heterocycles. The molecular formula is C9H12N4O3. The fourth-order valence-electron chi connectivity index (χ4n) is 0.998. The SMILES string of the molecule is CCC(NC(=O)Nc1ncccn1)C(=O)O. The largest absolute Gasteiger partial charge is 0.480 e. The molecule has 0 spiro atoms. The smallest absolute Gasteiger partial charge is 0.326 e. The van der Waals surface area contributed by atoms with Crippen LogP contribution >= 0.6 is 0 Å². The minimum atomic E-state index is -1.08. The monoisotopic (exact) mass is 224 g/mol. The Morgan fingerprint density at radius 1 is 1.44 bits per heavy atom. The van der Waals surface area contributed by atoms with Crippen LogP contribution in [0.15, 0.2) is 18.5 Å². The number of aliphatic carboxylic acids is 1. The number of anilines is 1. The number of carboxylic acids is 1. The molecule has 0 aromatic carbocycles. The van der Waals surface area contributed by atoms with E-state index in [9.17, 15) is 9.59 Å². The Morgan fingerprint density at radius 3 is 2.56 bits per heavy atom. The Balaban J connectivity index is 2.50. The second kappa shape index (κ2) is 5.64. The number of carbonyl (C=O) groups is 2. The van der Waals surface area contributed by atoms with Gasteiger partial charge in [0.1, 0.15) is 6.04 Å². The number of rotatable bonds is 4. The second-order valence-electron chi connectivity index (χ2n) is 2.97. The zero-order chi connectivity index (χ0) is 12.0. The molecule has 1 unspecified atom stereocenters. The van der Waals surface area contributed by atoms with Crippen molar-refractivity contribution in [3.63, 3.8) is 0 Å². The summed E-state index contributed by atoms with van der Waals surface area (Å²) in [6.45, 7) is 1.66. The Morgan fingerprint density at radius 2 is 2.06 bits per heavy atom. The molecule has 0 saturated heterocycles. The lowest BCUT2D eigenvalue weighted by Crippen LogP contribution is -2.42. The number of carbonyl (C=O) groups excluding carboxylic acids is 1. The number of nitrogens with zero attached hydrogens (tertiary/aromatic N) is 2. The van der Waals surface area contributed by atoms with E-state index in [2.05, 4.69) is 20.6 Å². The lowest BCUT2D eigenvalue weighted by molar-refractivity contribution is -0.139. The zero-order valence-electron chi connectivity index (χ0n) is 8.67. The molecule has 1 heterocycles. The minimum absolute atomic E-state index is 0.125. The molecule has 1 rings (SSSR count). The van der Waals surface area contributed by atoms with E-state index in [0.29, 0.717) is 6.42 Å². The van der Waals surface area contributed by atoms with Gasteiger partial charge in [0.25, 0.3) is 0 Å². The molecule has 0 radical (unpaired) electrons. The summed E-state index contributed by atoms with van der Waals surface area (Å²) < 4.78 is 0. The quantitative estimate of drug-likeness (QED) is 0.689. The van der Waals surface area contributed by atoms with E-state index in [1.807, 2.05) is 0 Å². The number of hydrogen-bond donors (Lipinski definition) is 3. The number of nitrogens with one attached hydrogen (secondary N) is 2. The summed E-state index contributed by atoms with van der Waals surface area (Å²) in [5.74, 6) is -0.952. The standard InChI is InChI=1S/C9H12N4O3/c1-2-6(7(14)15)12-9(16)13-8-10-4-3-5-11-8/h3-6H,2H2,1H3,(H,14,15)(H2,10,11,12,13,16). The van der Waals surface area contributed by atoms with Crippen molar-refractivity contribution in [3.8, 4) is 0 Å². The summed E-state index contributed by atoms with van der Waals surface area (Å²) in [7, 11) is 0. The van der Waals surface area contributed by atoms with E-state index in [4.69, 9.17) is 5.11 Å². The fourth-order valence-corrected chi connectivity index (χ4v) is 0.998. The van der Waals surface area contributed by atoms with Crippen LogP contribution in [0, 0.1) is 0 Å². The van der Waals surface area contributed by atoms with Gasteiger partial charge in [-0.05, 0) is 12.5 Å². The van der Waals surface area contributed by atoms with E-state index >= 15 is 0 Å². The van der Waals surface area contributed by atoms with Crippen LogP contribution in [0.2, 0.25) is 0 Å². The third-order valence-corrected chi connectivity index (χ3v) is 1.80. The maximum absolute atomic E-state index is 11.3. The van der Waals surface area contributed by atoms with Crippen molar-refractivity contribution in [2.75, 3.05) is 5.32 Å². The molecule has 3 N–H and O–H groups in total. The van der Waals surface area contributed by atoms with Crippen LogP contribution < -0.4 is 10.6 Å². The molecule has 1 aromatic rings. The van der Waals surface area contributed by atoms with Gasteiger partial charge < -0.3 is 10.4 Å². The van der Waals surface area contributed by atoms with Gasteiger partial charge in [-0.15, -0.1) is 0 Å². The van der Waals surface area contributed by atoms with Gasteiger partial charge in [-0.2, -0.15) is 0 Å². The van der Waals surface area contributed by atoms with Crippen LogP contribution in [-0.2, 0) is 4.79 Å². The van der Waals surface area contributed by atoms with Crippen LogP contribution in [0.4, 0.5) is 10.7 Å². The molecule has 0 bridgehead atoms. The Labute approximate surface area is 91.9 Å². The maximum atomic E-state index is 11.3. The molecule has 0 fully saturated rings. The molecule has 0 aliphatic carbocycles. The lowest BCUT2D eigenvalue weighted by Gasteiger charge is -2.12. The highest BCUT2D eigenvalue weighted by atomic mass is 16.4. The molecule has 86 valence electrons. The summed E-state index contributed by atoms with van der Waals surface area (Å²) in [6, 6.07) is 0.0546. The summed E-state index contributed by atoms with van der Waals surface area (Å²) in [4.78, 5) is 29.5. The van der Waals surface area contributed by atoms with Crippen molar-refractivity contribution < 1.29 is 14.7 Å². The minimum Gasteiger partial charge on any atom is -0.480 e. The van der Waals surface area contributed by atoms with E-state index < -0.39 is 18.0 Å². The van der Waals surface area contributed by atoms with E-state index in [-0.39, 0.29) is 5.95 Å². The van der Waals surface area contributed by atoms with Crippen molar-refractivity contribution in [1.82, 2.24) is 15.3 Å².